The van der Waals surface area contributed by atoms with E-state index in [2.05, 4.69) is 24.4 Å². The summed E-state index contributed by atoms with van der Waals surface area (Å²) in [6.07, 6.45) is 1.64. The lowest BCUT2D eigenvalue weighted by Crippen LogP contribution is -2.18. The zero-order valence-corrected chi connectivity index (χ0v) is 15.9. The van der Waals surface area contributed by atoms with E-state index in [1.165, 1.54) is 5.56 Å². The highest BCUT2D eigenvalue weighted by Crippen LogP contribution is 2.25. The second kappa shape index (κ2) is 6.97. The van der Waals surface area contributed by atoms with Crippen molar-refractivity contribution in [2.24, 2.45) is 0 Å². The van der Waals surface area contributed by atoms with Crippen LogP contribution in [0, 0.1) is 13.8 Å². The van der Waals surface area contributed by atoms with E-state index in [1.54, 1.807) is 18.4 Å². The van der Waals surface area contributed by atoms with Gasteiger partial charge in [-0.05, 0) is 48.7 Å². The van der Waals surface area contributed by atoms with Crippen LogP contribution in [0.25, 0.3) is 11.1 Å². The van der Waals surface area contributed by atoms with Crippen molar-refractivity contribution < 1.29 is 9.21 Å². The molecule has 5 heteroatoms. The van der Waals surface area contributed by atoms with Crippen molar-refractivity contribution in [1.29, 1.82) is 0 Å². The lowest BCUT2D eigenvalue weighted by molar-refractivity contribution is 0.101. The fourth-order valence-electron chi connectivity index (χ4n) is 3.25. The van der Waals surface area contributed by atoms with Crippen LogP contribution < -0.4 is 5.32 Å². The summed E-state index contributed by atoms with van der Waals surface area (Å²) in [5, 5.41) is 3.63. The maximum Gasteiger partial charge on any atom is 0.272 e. The molecule has 0 aliphatic rings. The molecule has 0 saturated heterocycles. The van der Waals surface area contributed by atoms with E-state index >= 15 is 0 Å². The third-order valence-corrected chi connectivity index (χ3v) is 5.02. The summed E-state index contributed by atoms with van der Waals surface area (Å²) < 4.78 is 7.52. The van der Waals surface area contributed by atoms with Gasteiger partial charge in [0.05, 0.1) is 11.8 Å². The van der Waals surface area contributed by atoms with E-state index in [0.717, 1.165) is 22.3 Å². The smallest absolute Gasteiger partial charge is 0.272 e. The number of hydrogen-bond acceptors (Lipinski definition) is 2. The highest BCUT2D eigenvalue weighted by Gasteiger charge is 2.19. The Morgan fingerprint density at radius 1 is 1.07 bits per heavy atom. The fraction of sp³-hybridized carbons (Fsp3) is 0.136. The first kappa shape index (κ1) is 17.4. The molecule has 0 radical (unpaired) electrons. The van der Waals surface area contributed by atoms with Gasteiger partial charge in [-0.2, -0.15) is 0 Å². The van der Waals surface area contributed by atoms with Crippen LogP contribution in [-0.2, 0) is 6.54 Å². The number of furan rings is 1. The van der Waals surface area contributed by atoms with Crippen LogP contribution in [0.5, 0.6) is 0 Å². The predicted octanol–water partition coefficient (Wildman–Crippen LogP) is 5.81. The molecule has 2 aromatic heterocycles. The third kappa shape index (κ3) is 3.36. The highest BCUT2D eigenvalue weighted by atomic mass is 35.5. The van der Waals surface area contributed by atoms with Crippen molar-refractivity contribution in [3.8, 4) is 0 Å². The van der Waals surface area contributed by atoms with Crippen LogP contribution in [0.3, 0.4) is 0 Å². The molecule has 0 bridgehead atoms. The van der Waals surface area contributed by atoms with Crippen molar-refractivity contribution in [2.45, 2.75) is 20.4 Å². The Bertz CT molecular complexity index is 1140. The molecule has 2 heterocycles. The maximum absolute atomic E-state index is 13.0. The molecule has 1 amide bonds. The first-order chi connectivity index (χ1) is 13.0. The number of fused-ring (bicyclic) bond motifs is 1. The van der Waals surface area contributed by atoms with Crippen LogP contribution >= 0.6 is 11.6 Å². The zero-order chi connectivity index (χ0) is 19.0. The van der Waals surface area contributed by atoms with Crippen LogP contribution in [0.15, 0.2) is 65.3 Å². The molecule has 1 N–H and O–H groups in total. The molecule has 0 saturated carbocycles. The van der Waals surface area contributed by atoms with Crippen LogP contribution in [0.2, 0.25) is 5.02 Å². The minimum Gasteiger partial charge on any atom is -0.463 e. The summed E-state index contributed by atoms with van der Waals surface area (Å²) >= 11 is 6.01. The number of carbonyl (C=O) groups excluding carboxylic acids is 1. The molecule has 27 heavy (non-hydrogen) atoms. The SMILES string of the molecule is Cc1ccccc1Cn1c(C(=O)Nc2ccc(Cl)cc2C)cc2occc21. The molecule has 2 aromatic carbocycles. The molecule has 136 valence electrons. The van der Waals surface area contributed by atoms with Crippen LogP contribution in [0.4, 0.5) is 5.69 Å². The molecular weight excluding hydrogens is 360 g/mol. The summed E-state index contributed by atoms with van der Waals surface area (Å²) in [4.78, 5) is 13.0. The number of hydrogen-bond donors (Lipinski definition) is 1. The lowest BCUT2D eigenvalue weighted by atomic mass is 10.1. The second-order valence-corrected chi connectivity index (χ2v) is 7.06. The van der Waals surface area contributed by atoms with E-state index in [4.69, 9.17) is 16.0 Å². The number of aryl methyl sites for hydroxylation is 2. The second-order valence-electron chi connectivity index (χ2n) is 6.63. The number of nitrogens with zero attached hydrogens (tertiary/aromatic N) is 1. The molecule has 4 rings (SSSR count). The van der Waals surface area contributed by atoms with Gasteiger partial charge in [-0.1, -0.05) is 35.9 Å². The number of carbonyl (C=O) groups is 1. The fourth-order valence-corrected chi connectivity index (χ4v) is 3.47. The molecule has 0 unspecified atom stereocenters. The Morgan fingerprint density at radius 2 is 1.89 bits per heavy atom. The standard InChI is InChI=1S/C22H19ClN2O2/c1-14-5-3-4-6-16(14)13-25-19-9-10-27-21(19)12-20(25)22(26)24-18-8-7-17(23)11-15(18)2/h3-12H,13H2,1-2H3,(H,24,26). The molecular formula is C22H19ClN2O2. The number of amides is 1. The summed E-state index contributed by atoms with van der Waals surface area (Å²) in [6, 6.07) is 17.3. The Labute approximate surface area is 162 Å². The molecule has 4 nitrogen and oxygen atoms in total. The molecule has 0 spiro atoms. The van der Waals surface area contributed by atoms with Crippen LogP contribution in [-0.4, -0.2) is 10.5 Å². The Morgan fingerprint density at radius 3 is 2.67 bits per heavy atom. The van der Waals surface area contributed by atoms with Gasteiger partial charge in [-0.3, -0.25) is 4.79 Å². The monoisotopic (exact) mass is 378 g/mol. The van der Waals surface area contributed by atoms with E-state index in [9.17, 15) is 4.79 Å². The summed E-state index contributed by atoms with van der Waals surface area (Å²) in [5.41, 5.74) is 6.15. The number of halogens is 1. The predicted molar refractivity (Wildman–Crippen MR) is 109 cm³/mol. The number of aromatic nitrogens is 1. The summed E-state index contributed by atoms with van der Waals surface area (Å²) in [6.45, 7) is 4.58. The number of rotatable bonds is 4. The van der Waals surface area contributed by atoms with Gasteiger partial charge in [-0.25, -0.2) is 0 Å². The zero-order valence-electron chi connectivity index (χ0n) is 15.1. The summed E-state index contributed by atoms with van der Waals surface area (Å²) in [7, 11) is 0. The Kier molecular flexibility index (Phi) is 4.50. The van der Waals surface area contributed by atoms with Gasteiger partial charge in [0.1, 0.15) is 5.69 Å². The molecule has 0 atom stereocenters. The van der Waals surface area contributed by atoms with E-state index in [1.807, 2.05) is 41.8 Å². The lowest BCUT2D eigenvalue weighted by Gasteiger charge is -2.13. The third-order valence-electron chi connectivity index (χ3n) is 4.78. The topological polar surface area (TPSA) is 47.2 Å². The van der Waals surface area contributed by atoms with Gasteiger partial charge in [0.25, 0.3) is 5.91 Å². The normalized spacial score (nSPS) is 11.1. The number of nitrogens with one attached hydrogen (secondary N) is 1. The van der Waals surface area contributed by atoms with Crippen LogP contribution in [0.1, 0.15) is 27.2 Å². The maximum atomic E-state index is 13.0. The average molecular weight is 379 g/mol. The molecule has 0 aliphatic heterocycles. The van der Waals surface area contributed by atoms with Crippen molar-refractivity contribution in [3.63, 3.8) is 0 Å². The van der Waals surface area contributed by atoms with Gasteiger partial charge in [0.15, 0.2) is 5.58 Å². The van der Waals surface area contributed by atoms with Crippen molar-refractivity contribution in [3.05, 3.63) is 88.3 Å². The first-order valence-corrected chi connectivity index (χ1v) is 9.09. The number of benzene rings is 2. The molecule has 0 fully saturated rings. The van der Waals surface area contributed by atoms with Crippen molar-refractivity contribution >= 4 is 34.3 Å². The van der Waals surface area contributed by atoms with Crippen molar-refractivity contribution in [2.75, 3.05) is 5.32 Å². The average Bonchev–Trinajstić information content (AvgIpc) is 3.22. The summed E-state index contributed by atoms with van der Waals surface area (Å²) in [5.74, 6) is -0.180. The minimum absolute atomic E-state index is 0.180. The highest BCUT2D eigenvalue weighted by molar-refractivity contribution is 6.30. The minimum atomic E-state index is -0.180. The van der Waals surface area contributed by atoms with Crippen molar-refractivity contribution in [1.82, 2.24) is 4.57 Å². The van der Waals surface area contributed by atoms with Gasteiger partial charge >= 0.3 is 0 Å². The van der Waals surface area contributed by atoms with E-state index < -0.39 is 0 Å². The van der Waals surface area contributed by atoms with Gasteiger partial charge in [0.2, 0.25) is 0 Å². The number of anilines is 1. The Hall–Kier alpha value is -2.98. The van der Waals surface area contributed by atoms with E-state index in [-0.39, 0.29) is 5.91 Å². The van der Waals surface area contributed by atoms with Gasteiger partial charge in [0, 0.05) is 29.4 Å². The Balaban J connectivity index is 1.72. The van der Waals surface area contributed by atoms with Gasteiger partial charge in [-0.15, -0.1) is 0 Å². The quantitative estimate of drug-likeness (QED) is 0.487. The molecule has 4 aromatic rings. The van der Waals surface area contributed by atoms with Gasteiger partial charge < -0.3 is 14.3 Å². The largest absolute Gasteiger partial charge is 0.463 e. The molecule has 0 aliphatic carbocycles. The van der Waals surface area contributed by atoms with E-state index in [0.29, 0.717) is 22.8 Å². The first-order valence-electron chi connectivity index (χ1n) is 8.71.